The lowest BCUT2D eigenvalue weighted by molar-refractivity contribution is 0.786. The summed E-state index contributed by atoms with van der Waals surface area (Å²) >= 11 is 1.57. The van der Waals surface area contributed by atoms with E-state index in [0.29, 0.717) is 0 Å². The normalized spacial score (nSPS) is 12.8. The maximum Gasteiger partial charge on any atom is 0.148 e. The molecule has 0 spiro atoms. The standard InChI is InChI=1S/C12H15N3S/c1-7-5-4-6-10(8(7)2)12-15-14-11(16-12)9(3)13/h4-6,9H,13H2,1-3H3. The van der Waals surface area contributed by atoms with Crippen molar-refractivity contribution in [2.75, 3.05) is 0 Å². The Morgan fingerprint density at radius 2 is 2.00 bits per heavy atom. The van der Waals surface area contributed by atoms with Gasteiger partial charge in [0, 0.05) is 5.56 Å². The van der Waals surface area contributed by atoms with E-state index in [2.05, 4.69) is 36.2 Å². The molecule has 1 unspecified atom stereocenters. The molecule has 0 bridgehead atoms. The zero-order valence-corrected chi connectivity index (χ0v) is 10.5. The van der Waals surface area contributed by atoms with Crippen LogP contribution in [0.5, 0.6) is 0 Å². The van der Waals surface area contributed by atoms with Gasteiger partial charge >= 0.3 is 0 Å². The molecule has 0 saturated carbocycles. The molecule has 84 valence electrons. The van der Waals surface area contributed by atoms with Crippen LogP contribution < -0.4 is 5.73 Å². The van der Waals surface area contributed by atoms with E-state index in [9.17, 15) is 0 Å². The summed E-state index contributed by atoms with van der Waals surface area (Å²) in [5, 5.41) is 10.1. The highest BCUT2D eigenvalue weighted by molar-refractivity contribution is 7.14. The molecule has 16 heavy (non-hydrogen) atoms. The first-order valence-electron chi connectivity index (χ1n) is 5.25. The van der Waals surface area contributed by atoms with Crippen LogP contribution >= 0.6 is 11.3 Å². The van der Waals surface area contributed by atoms with E-state index in [4.69, 9.17) is 5.73 Å². The number of aromatic nitrogens is 2. The minimum absolute atomic E-state index is 0.0450. The topological polar surface area (TPSA) is 51.8 Å². The molecule has 2 N–H and O–H groups in total. The largest absolute Gasteiger partial charge is 0.322 e. The average Bonchev–Trinajstić information content (AvgIpc) is 2.71. The van der Waals surface area contributed by atoms with E-state index in [-0.39, 0.29) is 6.04 Å². The highest BCUT2D eigenvalue weighted by atomic mass is 32.1. The van der Waals surface area contributed by atoms with Gasteiger partial charge in [-0.3, -0.25) is 0 Å². The number of aryl methyl sites for hydroxylation is 1. The lowest BCUT2D eigenvalue weighted by atomic mass is 10.0. The Kier molecular flexibility index (Phi) is 3.03. The second kappa shape index (κ2) is 4.31. The molecule has 4 heteroatoms. The summed E-state index contributed by atoms with van der Waals surface area (Å²) in [4.78, 5) is 0. The molecule has 0 fully saturated rings. The SMILES string of the molecule is Cc1cccc(-c2nnc(C(C)N)s2)c1C. The van der Waals surface area contributed by atoms with Crippen molar-refractivity contribution in [3.05, 3.63) is 34.3 Å². The van der Waals surface area contributed by atoms with Crippen LogP contribution in [0.2, 0.25) is 0 Å². The second-order valence-electron chi connectivity index (χ2n) is 3.98. The number of hydrogen-bond acceptors (Lipinski definition) is 4. The molecular weight excluding hydrogens is 218 g/mol. The summed E-state index contributed by atoms with van der Waals surface area (Å²) in [6, 6.07) is 6.18. The van der Waals surface area contributed by atoms with Gasteiger partial charge in [0.15, 0.2) is 0 Å². The molecule has 2 rings (SSSR count). The summed E-state index contributed by atoms with van der Waals surface area (Å²) in [7, 11) is 0. The molecule has 1 atom stereocenters. The highest BCUT2D eigenvalue weighted by Crippen LogP contribution is 2.29. The van der Waals surface area contributed by atoms with Crippen molar-refractivity contribution in [2.24, 2.45) is 5.73 Å². The summed E-state index contributed by atoms with van der Waals surface area (Å²) in [6.07, 6.45) is 0. The molecule has 1 heterocycles. The Morgan fingerprint density at radius 3 is 2.62 bits per heavy atom. The average molecular weight is 233 g/mol. The lowest BCUT2D eigenvalue weighted by Gasteiger charge is -2.04. The number of hydrogen-bond donors (Lipinski definition) is 1. The van der Waals surface area contributed by atoms with Gasteiger partial charge < -0.3 is 5.73 Å². The first kappa shape index (κ1) is 11.2. The molecular formula is C12H15N3S. The first-order chi connectivity index (χ1) is 7.59. The van der Waals surface area contributed by atoms with Crippen molar-refractivity contribution < 1.29 is 0 Å². The predicted molar refractivity (Wildman–Crippen MR) is 67.4 cm³/mol. The van der Waals surface area contributed by atoms with Crippen molar-refractivity contribution in [3.63, 3.8) is 0 Å². The van der Waals surface area contributed by atoms with Gasteiger partial charge in [0.1, 0.15) is 10.0 Å². The molecule has 0 aliphatic rings. The van der Waals surface area contributed by atoms with Crippen LogP contribution in [0.1, 0.15) is 29.1 Å². The van der Waals surface area contributed by atoms with Crippen LogP contribution in [0.25, 0.3) is 10.6 Å². The summed E-state index contributed by atoms with van der Waals surface area (Å²) in [5.41, 5.74) is 9.47. The predicted octanol–water partition coefficient (Wildman–Crippen LogP) is 2.84. The third-order valence-corrected chi connectivity index (χ3v) is 3.82. The van der Waals surface area contributed by atoms with Crippen molar-refractivity contribution in [1.29, 1.82) is 0 Å². The minimum atomic E-state index is -0.0450. The first-order valence-corrected chi connectivity index (χ1v) is 6.07. The molecule has 2 aromatic rings. The number of nitrogens with zero attached hydrogens (tertiary/aromatic N) is 2. The Bertz CT molecular complexity index is 503. The van der Waals surface area contributed by atoms with Gasteiger partial charge in [-0.1, -0.05) is 29.5 Å². The molecule has 0 saturated heterocycles. The molecule has 0 radical (unpaired) electrons. The molecule has 1 aromatic heterocycles. The lowest BCUT2D eigenvalue weighted by Crippen LogP contribution is -2.03. The highest BCUT2D eigenvalue weighted by Gasteiger charge is 2.11. The smallest absolute Gasteiger partial charge is 0.148 e. The molecule has 0 aliphatic carbocycles. The van der Waals surface area contributed by atoms with E-state index in [1.807, 2.05) is 13.0 Å². The number of nitrogens with two attached hydrogens (primary N) is 1. The van der Waals surface area contributed by atoms with E-state index in [1.54, 1.807) is 11.3 Å². The van der Waals surface area contributed by atoms with Crippen molar-refractivity contribution in [3.8, 4) is 10.6 Å². The van der Waals surface area contributed by atoms with Crippen LogP contribution in [0.4, 0.5) is 0 Å². The van der Waals surface area contributed by atoms with Gasteiger partial charge in [0.2, 0.25) is 0 Å². The molecule has 0 aliphatic heterocycles. The third-order valence-electron chi connectivity index (χ3n) is 2.67. The van der Waals surface area contributed by atoms with Crippen LogP contribution in [0.15, 0.2) is 18.2 Å². The fraction of sp³-hybridized carbons (Fsp3) is 0.333. The summed E-state index contributed by atoms with van der Waals surface area (Å²) < 4.78 is 0. The number of benzene rings is 1. The zero-order chi connectivity index (χ0) is 11.7. The quantitative estimate of drug-likeness (QED) is 0.867. The fourth-order valence-corrected chi connectivity index (χ4v) is 2.39. The van der Waals surface area contributed by atoms with E-state index >= 15 is 0 Å². The van der Waals surface area contributed by atoms with Gasteiger partial charge in [-0.25, -0.2) is 0 Å². The maximum absolute atomic E-state index is 5.78. The Balaban J connectivity index is 2.47. The van der Waals surface area contributed by atoms with Crippen LogP contribution in [-0.4, -0.2) is 10.2 Å². The summed E-state index contributed by atoms with van der Waals surface area (Å²) in [6.45, 7) is 6.14. The third kappa shape index (κ3) is 1.99. The Labute approximate surface area is 99.3 Å². The maximum atomic E-state index is 5.78. The molecule has 0 amide bonds. The molecule has 1 aromatic carbocycles. The van der Waals surface area contributed by atoms with Crippen LogP contribution in [0.3, 0.4) is 0 Å². The van der Waals surface area contributed by atoms with Crippen molar-refractivity contribution >= 4 is 11.3 Å². The van der Waals surface area contributed by atoms with Gasteiger partial charge in [-0.05, 0) is 31.9 Å². The van der Waals surface area contributed by atoms with Crippen molar-refractivity contribution in [2.45, 2.75) is 26.8 Å². The Hall–Kier alpha value is -1.26. The monoisotopic (exact) mass is 233 g/mol. The zero-order valence-electron chi connectivity index (χ0n) is 9.69. The summed E-state index contributed by atoms with van der Waals surface area (Å²) in [5.74, 6) is 0. The van der Waals surface area contributed by atoms with Gasteiger partial charge in [-0.2, -0.15) is 0 Å². The van der Waals surface area contributed by atoms with Gasteiger partial charge in [0.05, 0.1) is 6.04 Å². The minimum Gasteiger partial charge on any atom is -0.322 e. The number of rotatable bonds is 2. The van der Waals surface area contributed by atoms with Crippen molar-refractivity contribution in [1.82, 2.24) is 10.2 Å². The van der Waals surface area contributed by atoms with Gasteiger partial charge in [0.25, 0.3) is 0 Å². The van der Waals surface area contributed by atoms with Gasteiger partial charge in [-0.15, -0.1) is 10.2 Å². The van der Waals surface area contributed by atoms with E-state index in [1.165, 1.54) is 11.1 Å². The Morgan fingerprint density at radius 1 is 1.25 bits per heavy atom. The second-order valence-corrected chi connectivity index (χ2v) is 4.99. The van der Waals surface area contributed by atoms with Crippen LogP contribution in [-0.2, 0) is 0 Å². The molecule has 3 nitrogen and oxygen atoms in total. The van der Waals surface area contributed by atoms with Crippen LogP contribution in [0, 0.1) is 13.8 Å². The fourth-order valence-electron chi connectivity index (χ4n) is 1.51. The van der Waals surface area contributed by atoms with E-state index in [0.717, 1.165) is 15.6 Å². The van der Waals surface area contributed by atoms with E-state index < -0.39 is 0 Å².